The number of aromatic nitrogens is 1. The van der Waals surface area contributed by atoms with Crippen molar-refractivity contribution in [3.05, 3.63) is 35.8 Å². The van der Waals surface area contributed by atoms with Gasteiger partial charge in [0.05, 0.1) is 17.3 Å². The van der Waals surface area contributed by atoms with E-state index in [1.54, 1.807) is 12.3 Å². The summed E-state index contributed by atoms with van der Waals surface area (Å²) >= 11 is 11.4. The topological polar surface area (TPSA) is 53.0 Å². The van der Waals surface area contributed by atoms with Gasteiger partial charge in [0.25, 0.3) is 0 Å². The predicted octanol–water partition coefficient (Wildman–Crippen LogP) is 1.86. The molecule has 0 aliphatic carbocycles. The lowest BCUT2D eigenvalue weighted by atomic mass is 10.1. The first-order valence-electron chi connectivity index (χ1n) is 7.44. The third kappa shape index (κ3) is 3.73. The van der Waals surface area contributed by atoms with Gasteiger partial charge in [-0.15, -0.1) is 0 Å². The van der Waals surface area contributed by atoms with Crippen molar-refractivity contribution in [3.8, 4) is 5.75 Å². The van der Waals surface area contributed by atoms with Crippen molar-refractivity contribution in [2.24, 2.45) is 5.10 Å². The quantitative estimate of drug-likeness (QED) is 0.648. The predicted molar refractivity (Wildman–Crippen MR) is 95.0 cm³/mol. The number of piperazine rings is 1. The second-order valence-corrected chi connectivity index (χ2v) is 6.10. The number of pyridine rings is 1. The minimum Gasteiger partial charge on any atom is -0.491 e. The smallest absolute Gasteiger partial charge is 0.189 e. The highest BCUT2D eigenvalue weighted by molar-refractivity contribution is 7.80. The summed E-state index contributed by atoms with van der Waals surface area (Å²) in [6, 6.07) is 1.76. The SMILES string of the molecule is C=CN1CCN(C(=S)N/N=C2/CCOc3cc(Cl)cnc32)CC1. The van der Waals surface area contributed by atoms with Crippen molar-refractivity contribution < 1.29 is 4.74 Å². The summed E-state index contributed by atoms with van der Waals surface area (Å²) in [7, 11) is 0. The van der Waals surface area contributed by atoms with Gasteiger partial charge in [0.15, 0.2) is 5.11 Å². The van der Waals surface area contributed by atoms with Gasteiger partial charge in [0, 0.05) is 44.9 Å². The van der Waals surface area contributed by atoms with Gasteiger partial charge in [0.1, 0.15) is 11.4 Å². The lowest BCUT2D eigenvalue weighted by Gasteiger charge is -2.35. The molecule has 1 fully saturated rings. The number of hydrogen-bond acceptors (Lipinski definition) is 5. The summed E-state index contributed by atoms with van der Waals surface area (Å²) in [5, 5.41) is 5.61. The average Bonchev–Trinajstić information content (AvgIpc) is 2.59. The molecule has 0 unspecified atom stereocenters. The van der Waals surface area contributed by atoms with Crippen LogP contribution in [0.3, 0.4) is 0 Å². The number of nitrogens with one attached hydrogen (secondary N) is 1. The van der Waals surface area contributed by atoms with Gasteiger partial charge in [-0.25, -0.2) is 4.98 Å². The molecule has 3 rings (SSSR count). The van der Waals surface area contributed by atoms with E-state index in [-0.39, 0.29) is 0 Å². The summed E-state index contributed by atoms with van der Waals surface area (Å²) in [6.45, 7) is 7.89. The number of thiocarbonyl (C=S) groups is 1. The summed E-state index contributed by atoms with van der Waals surface area (Å²) in [4.78, 5) is 8.59. The van der Waals surface area contributed by atoms with Gasteiger partial charge in [-0.3, -0.25) is 5.43 Å². The summed E-state index contributed by atoms with van der Waals surface area (Å²) in [5.41, 5.74) is 4.53. The van der Waals surface area contributed by atoms with Crippen LogP contribution in [0.2, 0.25) is 5.02 Å². The summed E-state index contributed by atoms with van der Waals surface area (Å²) < 4.78 is 5.57. The minimum absolute atomic E-state index is 0.550. The Hall–Kier alpha value is -1.86. The number of rotatable bonds is 2. The minimum atomic E-state index is 0.550. The van der Waals surface area contributed by atoms with Crippen LogP contribution in [0.25, 0.3) is 0 Å². The molecule has 0 saturated carbocycles. The Morgan fingerprint density at radius 1 is 1.43 bits per heavy atom. The zero-order chi connectivity index (χ0) is 16.2. The van der Waals surface area contributed by atoms with Crippen LogP contribution in [0.5, 0.6) is 5.75 Å². The zero-order valence-electron chi connectivity index (χ0n) is 12.7. The molecular formula is C15H18ClN5OS. The largest absolute Gasteiger partial charge is 0.491 e. The van der Waals surface area contributed by atoms with E-state index in [4.69, 9.17) is 28.6 Å². The van der Waals surface area contributed by atoms with Crippen molar-refractivity contribution in [3.63, 3.8) is 0 Å². The molecule has 23 heavy (non-hydrogen) atoms. The molecule has 8 heteroatoms. The molecule has 1 N–H and O–H groups in total. The van der Waals surface area contributed by atoms with E-state index in [1.165, 1.54) is 0 Å². The molecule has 0 spiro atoms. The van der Waals surface area contributed by atoms with Gasteiger partial charge in [-0.1, -0.05) is 18.2 Å². The van der Waals surface area contributed by atoms with Crippen LogP contribution in [0.4, 0.5) is 0 Å². The fourth-order valence-electron chi connectivity index (χ4n) is 2.53. The van der Waals surface area contributed by atoms with E-state index >= 15 is 0 Å². The summed E-state index contributed by atoms with van der Waals surface area (Å²) in [5.74, 6) is 0.662. The maximum atomic E-state index is 5.94. The van der Waals surface area contributed by atoms with Gasteiger partial charge in [0.2, 0.25) is 0 Å². The lowest BCUT2D eigenvalue weighted by Crippen LogP contribution is -2.49. The van der Waals surface area contributed by atoms with Crippen LogP contribution in [0.1, 0.15) is 12.1 Å². The molecule has 0 radical (unpaired) electrons. The Balaban J connectivity index is 1.65. The molecular weight excluding hydrogens is 334 g/mol. The third-order valence-electron chi connectivity index (χ3n) is 3.84. The van der Waals surface area contributed by atoms with Crippen LogP contribution < -0.4 is 10.2 Å². The summed E-state index contributed by atoms with van der Waals surface area (Å²) in [6.07, 6.45) is 4.14. The number of hydrazone groups is 1. The van der Waals surface area contributed by atoms with Crippen molar-refractivity contribution >= 4 is 34.6 Å². The Morgan fingerprint density at radius 2 is 2.22 bits per heavy atom. The standard InChI is InChI=1S/C15H18ClN5OS/c1-2-20-4-6-21(7-5-20)15(23)19-18-12-3-8-22-13-9-11(16)10-17-14(12)13/h2,9-10H,1,3-8H2,(H,19,23)/b18-12-. The first-order valence-corrected chi connectivity index (χ1v) is 8.23. The van der Waals surface area contributed by atoms with Gasteiger partial charge in [-0.2, -0.15) is 5.10 Å². The zero-order valence-corrected chi connectivity index (χ0v) is 14.2. The Morgan fingerprint density at radius 3 is 2.96 bits per heavy atom. The fourth-order valence-corrected chi connectivity index (χ4v) is 2.90. The monoisotopic (exact) mass is 351 g/mol. The fraction of sp³-hybridized carbons (Fsp3) is 0.400. The van der Waals surface area contributed by atoms with Crippen LogP contribution in [-0.2, 0) is 0 Å². The Kier molecular flexibility index (Phi) is 4.97. The molecule has 2 aliphatic heterocycles. The van der Waals surface area contributed by atoms with E-state index in [2.05, 4.69) is 31.9 Å². The van der Waals surface area contributed by atoms with E-state index in [0.29, 0.717) is 34.6 Å². The maximum Gasteiger partial charge on any atom is 0.189 e. The van der Waals surface area contributed by atoms with E-state index in [9.17, 15) is 0 Å². The highest BCUT2D eigenvalue weighted by Crippen LogP contribution is 2.25. The molecule has 0 atom stereocenters. The normalized spacial score (nSPS) is 19.1. The maximum absolute atomic E-state index is 5.94. The second kappa shape index (κ2) is 7.14. The van der Waals surface area contributed by atoms with Crippen LogP contribution in [-0.4, -0.2) is 58.4 Å². The lowest BCUT2D eigenvalue weighted by molar-refractivity contribution is 0.236. The highest BCUT2D eigenvalue weighted by Gasteiger charge is 2.20. The average molecular weight is 352 g/mol. The Bertz CT molecular complexity index is 643. The van der Waals surface area contributed by atoms with Crippen molar-refractivity contribution in [2.45, 2.75) is 6.42 Å². The molecule has 0 aromatic carbocycles. The molecule has 1 aromatic heterocycles. The first kappa shape index (κ1) is 16.0. The number of halogens is 1. The van der Waals surface area contributed by atoms with Gasteiger partial charge >= 0.3 is 0 Å². The Labute approximate surface area is 145 Å². The van der Waals surface area contributed by atoms with E-state index in [0.717, 1.165) is 31.9 Å². The van der Waals surface area contributed by atoms with Crippen molar-refractivity contribution in [2.75, 3.05) is 32.8 Å². The highest BCUT2D eigenvalue weighted by atomic mass is 35.5. The van der Waals surface area contributed by atoms with E-state index in [1.807, 2.05) is 6.20 Å². The van der Waals surface area contributed by atoms with Crippen molar-refractivity contribution in [1.82, 2.24) is 20.2 Å². The van der Waals surface area contributed by atoms with Gasteiger partial charge < -0.3 is 14.5 Å². The van der Waals surface area contributed by atoms with Crippen molar-refractivity contribution in [1.29, 1.82) is 0 Å². The molecule has 1 saturated heterocycles. The van der Waals surface area contributed by atoms with E-state index < -0.39 is 0 Å². The second-order valence-electron chi connectivity index (χ2n) is 5.28. The number of hydrogen-bond donors (Lipinski definition) is 1. The third-order valence-corrected chi connectivity index (χ3v) is 4.39. The number of nitrogens with zero attached hydrogens (tertiary/aromatic N) is 4. The molecule has 6 nitrogen and oxygen atoms in total. The van der Waals surface area contributed by atoms with Crippen LogP contribution in [0, 0.1) is 0 Å². The number of ether oxygens (including phenoxy) is 1. The molecule has 2 aliphatic rings. The molecule has 0 bridgehead atoms. The first-order chi connectivity index (χ1) is 11.2. The van der Waals surface area contributed by atoms with Gasteiger partial charge in [-0.05, 0) is 18.4 Å². The van der Waals surface area contributed by atoms with Crippen LogP contribution in [0.15, 0.2) is 30.1 Å². The molecule has 1 aromatic rings. The molecule has 122 valence electrons. The van der Waals surface area contributed by atoms with Crippen LogP contribution >= 0.6 is 23.8 Å². The number of fused-ring (bicyclic) bond motifs is 1. The molecule has 0 amide bonds. The molecule has 3 heterocycles.